The Morgan fingerprint density at radius 2 is 1.83 bits per heavy atom. The Morgan fingerprint density at radius 3 is 2.54 bits per heavy atom. The number of rotatable bonds is 4. The summed E-state index contributed by atoms with van der Waals surface area (Å²) in [5, 5.41) is 0. The normalized spacial score (nSPS) is 24.0. The number of piperidine rings is 1. The van der Waals surface area contributed by atoms with E-state index >= 15 is 0 Å². The average Bonchev–Trinajstić information content (AvgIpc) is 3.03. The van der Waals surface area contributed by atoms with Gasteiger partial charge in [0.15, 0.2) is 0 Å². The highest BCUT2D eigenvalue weighted by atomic mass is 16.2. The van der Waals surface area contributed by atoms with Crippen molar-refractivity contribution < 1.29 is 9.59 Å². The Labute approximate surface area is 144 Å². The van der Waals surface area contributed by atoms with Gasteiger partial charge in [-0.05, 0) is 50.2 Å². The number of carbonyl (C=O) groups is 2. The molecule has 2 fully saturated rings. The zero-order valence-electron chi connectivity index (χ0n) is 14.9. The molecular weight excluding hydrogens is 300 g/mol. The van der Waals surface area contributed by atoms with E-state index in [1.165, 1.54) is 0 Å². The van der Waals surface area contributed by atoms with Crippen molar-refractivity contribution in [2.75, 3.05) is 19.6 Å². The summed E-state index contributed by atoms with van der Waals surface area (Å²) in [4.78, 5) is 30.3. The van der Waals surface area contributed by atoms with Crippen LogP contribution in [0.3, 0.4) is 0 Å². The van der Waals surface area contributed by atoms with Crippen molar-refractivity contribution in [1.29, 1.82) is 0 Å². The summed E-state index contributed by atoms with van der Waals surface area (Å²) in [5.74, 6) is 0.215. The van der Waals surface area contributed by atoms with E-state index in [-0.39, 0.29) is 11.8 Å². The van der Waals surface area contributed by atoms with Crippen molar-refractivity contribution in [1.82, 2.24) is 9.80 Å². The Morgan fingerprint density at radius 1 is 1.12 bits per heavy atom. The highest BCUT2D eigenvalue weighted by Gasteiger charge is 2.52. The average molecular weight is 328 g/mol. The number of hydrogen-bond donors (Lipinski definition) is 0. The molecular formula is C20H28N2O2. The van der Waals surface area contributed by atoms with E-state index in [1.54, 1.807) is 0 Å². The minimum absolute atomic E-state index is 0.0386. The Kier molecular flexibility index (Phi) is 4.93. The van der Waals surface area contributed by atoms with Gasteiger partial charge in [-0.3, -0.25) is 9.59 Å². The Bertz CT molecular complexity index is 626. The van der Waals surface area contributed by atoms with Gasteiger partial charge < -0.3 is 9.80 Å². The molecule has 2 aliphatic rings. The monoisotopic (exact) mass is 328 g/mol. The van der Waals surface area contributed by atoms with Gasteiger partial charge >= 0.3 is 0 Å². The van der Waals surface area contributed by atoms with Gasteiger partial charge in [-0.1, -0.05) is 32.0 Å². The molecule has 0 N–H and O–H groups in total. The maximum Gasteiger partial charge on any atom is 0.255 e. The second kappa shape index (κ2) is 6.96. The molecule has 0 bridgehead atoms. The first kappa shape index (κ1) is 17.0. The van der Waals surface area contributed by atoms with E-state index in [9.17, 15) is 9.59 Å². The number of likely N-dealkylation sites (tertiary alicyclic amines) is 2. The van der Waals surface area contributed by atoms with E-state index in [0.29, 0.717) is 6.54 Å². The molecule has 3 rings (SSSR count). The van der Waals surface area contributed by atoms with Crippen LogP contribution in [-0.2, 0) is 11.2 Å². The molecule has 130 valence electrons. The van der Waals surface area contributed by atoms with E-state index in [1.807, 2.05) is 34.1 Å². The summed E-state index contributed by atoms with van der Waals surface area (Å²) < 4.78 is 0. The zero-order valence-corrected chi connectivity index (χ0v) is 14.9. The molecule has 1 aromatic rings. The van der Waals surface area contributed by atoms with Crippen LogP contribution in [0, 0.1) is 0 Å². The standard InChI is InChI=1S/C20H28N2O2/c1-3-13-21-14-7-11-20(19(21)24)12-8-15-22(20)18(23)17-10-6-5-9-16(17)4-2/h5-6,9-10H,3-4,7-8,11-15H2,1-2H3. The number of aryl methyl sites for hydroxylation is 1. The number of hydrogen-bond acceptors (Lipinski definition) is 2. The molecule has 2 heterocycles. The third-order valence-electron chi connectivity index (χ3n) is 5.56. The zero-order chi connectivity index (χ0) is 17.2. The van der Waals surface area contributed by atoms with Gasteiger partial charge in [0.05, 0.1) is 0 Å². The number of benzene rings is 1. The summed E-state index contributed by atoms with van der Waals surface area (Å²) in [6.45, 7) is 6.50. The molecule has 4 nitrogen and oxygen atoms in total. The van der Waals surface area contributed by atoms with Crippen molar-refractivity contribution in [3.8, 4) is 0 Å². The molecule has 2 aliphatic heterocycles. The second-order valence-corrected chi connectivity index (χ2v) is 7.00. The molecule has 0 aromatic heterocycles. The highest BCUT2D eigenvalue weighted by Crippen LogP contribution is 2.39. The van der Waals surface area contributed by atoms with Crippen LogP contribution in [0.1, 0.15) is 61.9 Å². The third-order valence-corrected chi connectivity index (χ3v) is 5.56. The summed E-state index contributed by atoms with van der Waals surface area (Å²) in [6, 6.07) is 7.82. The Balaban J connectivity index is 1.92. The molecule has 0 aliphatic carbocycles. The number of amides is 2. The largest absolute Gasteiger partial charge is 0.341 e. The van der Waals surface area contributed by atoms with E-state index in [2.05, 4.69) is 13.8 Å². The van der Waals surface area contributed by atoms with E-state index < -0.39 is 5.54 Å². The lowest BCUT2D eigenvalue weighted by Gasteiger charge is -2.44. The van der Waals surface area contributed by atoms with E-state index in [4.69, 9.17) is 0 Å². The summed E-state index contributed by atoms with van der Waals surface area (Å²) in [6.07, 6.45) is 5.34. The van der Waals surface area contributed by atoms with Gasteiger partial charge in [0.1, 0.15) is 5.54 Å². The lowest BCUT2D eigenvalue weighted by atomic mass is 9.84. The maximum absolute atomic E-state index is 13.3. The first-order valence-electron chi connectivity index (χ1n) is 9.33. The fourth-order valence-electron chi connectivity index (χ4n) is 4.39. The SMILES string of the molecule is CCCN1CCCC2(CCCN2C(=O)c2ccccc2CC)C1=O. The van der Waals surface area contributed by atoms with Crippen LogP contribution >= 0.6 is 0 Å². The number of nitrogens with zero attached hydrogens (tertiary/aromatic N) is 2. The van der Waals surface area contributed by atoms with Crippen LogP contribution in [0.4, 0.5) is 0 Å². The first-order valence-corrected chi connectivity index (χ1v) is 9.33. The third kappa shape index (κ3) is 2.72. The van der Waals surface area contributed by atoms with Crippen molar-refractivity contribution in [3.05, 3.63) is 35.4 Å². The predicted molar refractivity (Wildman–Crippen MR) is 94.9 cm³/mol. The van der Waals surface area contributed by atoms with Crippen molar-refractivity contribution >= 4 is 11.8 Å². The molecule has 1 unspecified atom stereocenters. The van der Waals surface area contributed by atoms with Crippen molar-refractivity contribution in [2.24, 2.45) is 0 Å². The maximum atomic E-state index is 13.3. The molecule has 4 heteroatoms. The lowest BCUT2D eigenvalue weighted by molar-refractivity contribution is -0.145. The molecule has 0 saturated carbocycles. The minimum Gasteiger partial charge on any atom is -0.341 e. The molecule has 2 saturated heterocycles. The smallest absolute Gasteiger partial charge is 0.255 e. The quantitative estimate of drug-likeness (QED) is 0.851. The van der Waals surface area contributed by atoms with Gasteiger partial charge in [-0.25, -0.2) is 0 Å². The van der Waals surface area contributed by atoms with Crippen LogP contribution in [-0.4, -0.2) is 46.8 Å². The molecule has 1 atom stereocenters. The molecule has 2 amide bonds. The topological polar surface area (TPSA) is 40.6 Å². The van der Waals surface area contributed by atoms with Gasteiger partial charge in [0, 0.05) is 25.2 Å². The summed E-state index contributed by atoms with van der Waals surface area (Å²) in [5.41, 5.74) is 1.24. The number of carbonyl (C=O) groups excluding carboxylic acids is 2. The van der Waals surface area contributed by atoms with Crippen LogP contribution in [0.5, 0.6) is 0 Å². The van der Waals surface area contributed by atoms with Crippen LogP contribution in [0.15, 0.2) is 24.3 Å². The van der Waals surface area contributed by atoms with Gasteiger partial charge in [-0.2, -0.15) is 0 Å². The highest BCUT2D eigenvalue weighted by molar-refractivity contribution is 6.01. The molecule has 24 heavy (non-hydrogen) atoms. The second-order valence-electron chi connectivity index (χ2n) is 7.00. The van der Waals surface area contributed by atoms with Crippen molar-refractivity contribution in [2.45, 2.75) is 57.9 Å². The molecule has 1 spiro atoms. The molecule has 1 aromatic carbocycles. The molecule has 0 radical (unpaired) electrons. The van der Waals surface area contributed by atoms with Gasteiger partial charge in [0.2, 0.25) is 5.91 Å². The minimum atomic E-state index is -0.592. The fourth-order valence-corrected chi connectivity index (χ4v) is 4.39. The summed E-state index contributed by atoms with van der Waals surface area (Å²) in [7, 11) is 0. The fraction of sp³-hybridized carbons (Fsp3) is 0.600. The van der Waals surface area contributed by atoms with Crippen LogP contribution in [0.25, 0.3) is 0 Å². The first-order chi connectivity index (χ1) is 11.6. The van der Waals surface area contributed by atoms with Gasteiger partial charge in [-0.15, -0.1) is 0 Å². The summed E-state index contributed by atoms with van der Waals surface area (Å²) >= 11 is 0. The Hall–Kier alpha value is -1.84. The van der Waals surface area contributed by atoms with Crippen LogP contribution in [0.2, 0.25) is 0 Å². The predicted octanol–water partition coefficient (Wildman–Crippen LogP) is 3.26. The lowest BCUT2D eigenvalue weighted by Crippen LogP contribution is -2.61. The van der Waals surface area contributed by atoms with Crippen LogP contribution < -0.4 is 0 Å². The van der Waals surface area contributed by atoms with Crippen molar-refractivity contribution in [3.63, 3.8) is 0 Å². The van der Waals surface area contributed by atoms with E-state index in [0.717, 1.165) is 62.7 Å². The van der Waals surface area contributed by atoms with Gasteiger partial charge in [0.25, 0.3) is 5.91 Å².